The highest BCUT2D eigenvalue weighted by atomic mass is 19.4. The highest BCUT2D eigenvalue weighted by molar-refractivity contribution is 6.06. The minimum atomic E-state index is -4.35. The lowest BCUT2D eigenvalue weighted by atomic mass is 10.00. The van der Waals surface area contributed by atoms with Gasteiger partial charge in [-0.2, -0.15) is 13.2 Å². The molecule has 4 rings (SSSR count). The van der Waals surface area contributed by atoms with Crippen LogP contribution in [-0.4, -0.2) is 37.0 Å². The first kappa shape index (κ1) is 23.8. The summed E-state index contributed by atoms with van der Waals surface area (Å²) in [6, 6.07) is 22.1. The second-order valence-electron chi connectivity index (χ2n) is 8.44. The van der Waals surface area contributed by atoms with E-state index in [-0.39, 0.29) is 11.9 Å². The number of carbonyl (C=O) groups is 1. The fourth-order valence-corrected chi connectivity index (χ4v) is 4.40. The number of nitrogens with zero attached hydrogens (tertiary/aromatic N) is 2. The van der Waals surface area contributed by atoms with Crippen LogP contribution in [0.5, 0.6) is 5.75 Å². The molecule has 0 unspecified atom stereocenters. The van der Waals surface area contributed by atoms with E-state index in [2.05, 4.69) is 4.90 Å². The largest absolute Gasteiger partial charge is 0.497 e. The topological polar surface area (TPSA) is 32.8 Å². The van der Waals surface area contributed by atoms with Crippen molar-refractivity contribution < 1.29 is 22.7 Å². The summed E-state index contributed by atoms with van der Waals surface area (Å²) >= 11 is 0. The number of piperidine rings is 1. The lowest BCUT2D eigenvalue weighted by Crippen LogP contribution is -2.47. The molecule has 1 amide bonds. The molecular formula is C27H27F3N2O2. The van der Waals surface area contributed by atoms with Gasteiger partial charge in [0, 0.05) is 36.9 Å². The standard InChI is InChI=1S/C27H27F3N2O2/c1-34-25-12-10-23(11-13-25)32(26(33)21-7-3-2-4-8-21)24-14-16-31(17-15-24)19-20-6-5-9-22(18-20)27(28,29)30/h2-13,18,24H,14-17,19H2,1H3. The van der Waals surface area contributed by atoms with E-state index in [1.807, 2.05) is 59.5 Å². The van der Waals surface area contributed by atoms with Crippen LogP contribution in [0, 0.1) is 0 Å². The molecule has 7 heteroatoms. The van der Waals surface area contributed by atoms with E-state index >= 15 is 0 Å². The quantitative estimate of drug-likeness (QED) is 0.443. The van der Waals surface area contributed by atoms with Crippen molar-refractivity contribution in [1.29, 1.82) is 0 Å². The maximum Gasteiger partial charge on any atom is 0.416 e. The number of benzene rings is 3. The average Bonchev–Trinajstić information content (AvgIpc) is 2.86. The van der Waals surface area contributed by atoms with Gasteiger partial charge in [0.2, 0.25) is 0 Å². The van der Waals surface area contributed by atoms with Gasteiger partial charge in [0.1, 0.15) is 5.75 Å². The molecule has 1 heterocycles. The van der Waals surface area contributed by atoms with Gasteiger partial charge in [0.15, 0.2) is 0 Å². The first-order chi connectivity index (χ1) is 16.3. The highest BCUT2D eigenvalue weighted by Crippen LogP contribution is 2.31. The van der Waals surface area contributed by atoms with Crippen molar-refractivity contribution in [2.75, 3.05) is 25.1 Å². The molecule has 0 aromatic heterocycles. The van der Waals surface area contributed by atoms with Crippen LogP contribution >= 0.6 is 0 Å². The number of amides is 1. The fourth-order valence-electron chi connectivity index (χ4n) is 4.40. The number of rotatable bonds is 6. The Hall–Kier alpha value is -3.32. The number of alkyl halides is 3. The number of ether oxygens (including phenoxy) is 1. The molecular weight excluding hydrogens is 441 g/mol. The third-order valence-corrected chi connectivity index (χ3v) is 6.17. The van der Waals surface area contributed by atoms with E-state index < -0.39 is 11.7 Å². The molecule has 0 atom stereocenters. The third-order valence-electron chi connectivity index (χ3n) is 6.17. The van der Waals surface area contributed by atoms with Gasteiger partial charge in [0.05, 0.1) is 12.7 Å². The number of hydrogen-bond acceptors (Lipinski definition) is 3. The Bertz CT molecular complexity index is 1090. The fraction of sp³-hybridized carbons (Fsp3) is 0.296. The highest BCUT2D eigenvalue weighted by Gasteiger charge is 2.32. The number of halogens is 3. The summed E-state index contributed by atoms with van der Waals surface area (Å²) in [5, 5.41) is 0. The normalized spacial score (nSPS) is 15.2. The summed E-state index contributed by atoms with van der Waals surface area (Å²) in [7, 11) is 1.60. The Morgan fingerprint density at radius 3 is 2.26 bits per heavy atom. The van der Waals surface area contributed by atoms with Crippen LogP contribution in [0.4, 0.5) is 18.9 Å². The van der Waals surface area contributed by atoms with Gasteiger partial charge in [-0.3, -0.25) is 9.69 Å². The molecule has 4 nitrogen and oxygen atoms in total. The molecule has 3 aromatic rings. The zero-order valence-corrected chi connectivity index (χ0v) is 19.0. The Balaban J connectivity index is 1.49. The van der Waals surface area contributed by atoms with E-state index in [0.717, 1.165) is 24.6 Å². The summed E-state index contributed by atoms with van der Waals surface area (Å²) in [6.07, 6.45) is -2.90. The Labute approximate surface area is 197 Å². The van der Waals surface area contributed by atoms with Gasteiger partial charge in [0.25, 0.3) is 5.91 Å². The number of methoxy groups -OCH3 is 1. The van der Waals surface area contributed by atoms with Gasteiger partial charge in [-0.15, -0.1) is 0 Å². The van der Waals surface area contributed by atoms with Crippen molar-refractivity contribution in [1.82, 2.24) is 4.90 Å². The lowest BCUT2D eigenvalue weighted by molar-refractivity contribution is -0.137. The SMILES string of the molecule is COc1ccc(N(C(=O)c2ccccc2)C2CCN(Cc3cccc(C(F)(F)F)c3)CC2)cc1. The van der Waals surface area contributed by atoms with E-state index in [9.17, 15) is 18.0 Å². The van der Waals surface area contributed by atoms with Crippen molar-refractivity contribution in [2.24, 2.45) is 0 Å². The average molecular weight is 469 g/mol. The van der Waals surface area contributed by atoms with E-state index in [1.165, 1.54) is 12.1 Å². The lowest BCUT2D eigenvalue weighted by Gasteiger charge is -2.38. The second kappa shape index (κ2) is 10.3. The summed E-state index contributed by atoms with van der Waals surface area (Å²) < 4.78 is 44.4. The van der Waals surface area contributed by atoms with Crippen LogP contribution in [0.3, 0.4) is 0 Å². The van der Waals surface area contributed by atoms with Crippen molar-refractivity contribution in [2.45, 2.75) is 31.6 Å². The molecule has 178 valence electrons. The maximum absolute atomic E-state index is 13.5. The maximum atomic E-state index is 13.5. The summed E-state index contributed by atoms with van der Waals surface area (Å²) in [6.45, 7) is 1.83. The van der Waals surface area contributed by atoms with Crippen molar-refractivity contribution in [3.05, 3.63) is 95.6 Å². The molecule has 1 aliphatic rings. The van der Waals surface area contributed by atoms with Crippen LogP contribution < -0.4 is 9.64 Å². The molecule has 0 saturated carbocycles. The number of carbonyl (C=O) groups excluding carboxylic acids is 1. The molecule has 0 aliphatic carbocycles. The van der Waals surface area contributed by atoms with Crippen molar-refractivity contribution >= 4 is 11.6 Å². The molecule has 0 radical (unpaired) electrons. The zero-order valence-electron chi connectivity index (χ0n) is 19.0. The zero-order chi connectivity index (χ0) is 24.1. The van der Waals surface area contributed by atoms with Crippen molar-refractivity contribution in [3.8, 4) is 5.75 Å². The molecule has 0 spiro atoms. The van der Waals surface area contributed by atoms with Gasteiger partial charge in [-0.05, 0) is 60.9 Å². The molecule has 1 fully saturated rings. The summed E-state index contributed by atoms with van der Waals surface area (Å²) in [4.78, 5) is 17.5. The van der Waals surface area contributed by atoms with Gasteiger partial charge in [-0.1, -0.05) is 36.4 Å². The van der Waals surface area contributed by atoms with Crippen LogP contribution in [0.25, 0.3) is 0 Å². The van der Waals surface area contributed by atoms with Crippen LogP contribution in [0.1, 0.15) is 34.3 Å². The molecule has 1 aliphatic heterocycles. The molecule has 3 aromatic carbocycles. The number of likely N-dealkylation sites (tertiary alicyclic amines) is 1. The van der Waals surface area contributed by atoms with E-state index in [1.54, 1.807) is 13.2 Å². The first-order valence-corrected chi connectivity index (χ1v) is 11.3. The number of hydrogen-bond donors (Lipinski definition) is 0. The van der Waals surface area contributed by atoms with E-state index in [4.69, 9.17) is 4.74 Å². The Kier molecular flexibility index (Phi) is 7.22. The van der Waals surface area contributed by atoms with Crippen LogP contribution in [0.2, 0.25) is 0 Å². The molecule has 0 bridgehead atoms. The van der Waals surface area contributed by atoms with Gasteiger partial charge < -0.3 is 9.64 Å². The Morgan fingerprint density at radius 2 is 1.65 bits per heavy atom. The Morgan fingerprint density at radius 1 is 0.971 bits per heavy atom. The van der Waals surface area contributed by atoms with Gasteiger partial charge in [-0.25, -0.2) is 0 Å². The predicted molar refractivity (Wildman–Crippen MR) is 126 cm³/mol. The molecule has 0 N–H and O–H groups in total. The van der Waals surface area contributed by atoms with Crippen molar-refractivity contribution in [3.63, 3.8) is 0 Å². The van der Waals surface area contributed by atoms with Gasteiger partial charge >= 0.3 is 6.18 Å². The molecule has 34 heavy (non-hydrogen) atoms. The number of anilines is 1. The first-order valence-electron chi connectivity index (χ1n) is 11.3. The molecule has 1 saturated heterocycles. The second-order valence-corrected chi connectivity index (χ2v) is 8.44. The third kappa shape index (κ3) is 5.59. The summed E-state index contributed by atoms with van der Waals surface area (Å²) in [5.41, 5.74) is 1.43. The smallest absolute Gasteiger partial charge is 0.416 e. The van der Waals surface area contributed by atoms with Crippen LogP contribution in [-0.2, 0) is 12.7 Å². The summed E-state index contributed by atoms with van der Waals surface area (Å²) in [5.74, 6) is 0.647. The minimum Gasteiger partial charge on any atom is -0.497 e. The monoisotopic (exact) mass is 468 g/mol. The minimum absolute atomic E-state index is 0.0149. The van der Waals surface area contributed by atoms with Crippen LogP contribution in [0.15, 0.2) is 78.9 Å². The van der Waals surface area contributed by atoms with E-state index in [0.29, 0.717) is 36.5 Å². The predicted octanol–water partition coefficient (Wildman–Crippen LogP) is 6.03.